The molecule has 12 rings (SSSR count). The summed E-state index contributed by atoms with van der Waals surface area (Å²) in [5.41, 5.74) is 10.2. The van der Waals surface area contributed by atoms with Crippen LogP contribution in [0.3, 0.4) is 0 Å². The monoisotopic (exact) mass is 762 g/mol. The quantitative estimate of drug-likeness (QED) is 0.171. The maximum atomic E-state index is 6.80. The molecule has 5 nitrogen and oxygen atoms in total. The van der Waals surface area contributed by atoms with Gasteiger partial charge in [0.2, 0.25) is 0 Å². The van der Waals surface area contributed by atoms with Gasteiger partial charge in [-0.25, -0.2) is 9.98 Å². The molecule has 2 unspecified atom stereocenters. The third-order valence-electron chi connectivity index (χ3n) is 11.6. The summed E-state index contributed by atoms with van der Waals surface area (Å²) in [6.07, 6.45) is -0.354. The van der Waals surface area contributed by atoms with Gasteiger partial charge in [-0.2, -0.15) is 0 Å². The van der Waals surface area contributed by atoms with Gasteiger partial charge >= 0.3 is 0 Å². The van der Waals surface area contributed by atoms with Crippen LogP contribution in [0.15, 0.2) is 191 Å². The van der Waals surface area contributed by atoms with Crippen LogP contribution in [-0.4, -0.2) is 10.8 Å². The van der Waals surface area contributed by atoms with Crippen molar-refractivity contribution < 1.29 is 4.42 Å². The van der Waals surface area contributed by atoms with E-state index >= 15 is 0 Å². The van der Waals surface area contributed by atoms with Crippen LogP contribution in [0.4, 0.5) is 0 Å². The molecule has 0 saturated carbocycles. The highest BCUT2D eigenvalue weighted by atomic mass is 32.1. The van der Waals surface area contributed by atoms with Crippen molar-refractivity contribution in [3.63, 3.8) is 0 Å². The van der Waals surface area contributed by atoms with E-state index in [1.807, 2.05) is 17.4 Å². The van der Waals surface area contributed by atoms with Crippen molar-refractivity contribution in [2.24, 2.45) is 4.99 Å². The van der Waals surface area contributed by atoms with Gasteiger partial charge in [-0.15, -0.1) is 11.3 Å². The first-order valence-corrected chi connectivity index (χ1v) is 20.4. The molecular weight excluding hydrogens is 729 g/mol. The zero-order chi connectivity index (χ0) is 38.2. The summed E-state index contributed by atoms with van der Waals surface area (Å²) in [4.78, 5) is 10.5. The first-order chi connectivity index (χ1) is 28.7. The van der Waals surface area contributed by atoms with Crippen LogP contribution in [0.2, 0.25) is 0 Å². The maximum absolute atomic E-state index is 6.80. The Kier molecular flexibility index (Phi) is 7.55. The third-order valence-corrected chi connectivity index (χ3v) is 12.7. The Bertz CT molecular complexity index is 3410. The summed E-state index contributed by atoms with van der Waals surface area (Å²) in [7, 11) is 0. The van der Waals surface area contributed by atoms with Crippen molar-refractivity contribution in [3.8, 4) is 22.4 Å². The molecule has 11 aromatic rings. The zero-order valence-corrected chi connectivity index (χ0v) is 32.0. The molecule has 58 heavy (non-hydrogen) atoms. The van der Waals surface area contributed by atoms with Crippen molar-refractivity contribution in [2.75, 3.05) is 0 Å². The third kappa shape index (κ3) is 5.34. The van der Waals surface area contributed by atoms with E-state index < -0.39 is 0 Å². The van der Waals surface area contributed by atoms with Gasteiger partial charge in [0.1, 0.15) is 29.3 Å². The number of para-hydroxylation sites is 2. The van der Waals surface area contributed by atoms with Gasteiger partial charge in [0.15, 0.2) is 0 Å². The largest absolute Gasteiger partial charge is 0.455 e. The number of pyridine rings is 1. The summed E-state index contributed by atoms with van der Waals surface area (Å²) in [6.45, 7) is 0. The van der Waals surface area contributed by atoms with Gasteiger partial charge in [-0.1, -0.05) is 152 Å². The lowest BCUT2D eigenvalue weighted by atomic mass is 9.95. The van der Waals surface area contributed by atoms with Gasteiger partial charge in [-0.05, 0) is 47.0 Å². The molecule has 0 radical (unpaired) electrons. The van der Waals surface area contributed by atoms with E-state index in [2.05, 4.69) is 187 Å². The number of hydrogen-bond donors (Lipinski definition) is 2. The lowest BCUT2D eigenvalue weighted by Gasteiger charge is -2.32. The predicted molar refractivity (Wildman–Crippen MR) is 241 cm³/mol. The van der Waals surface area contributed by atoms with Crippen molar-refractivity contribution in [3.05, 3.63) is 199 Å². The fourth-order valence-corrected chi connectivity index (χ4v) is 9.94. The molecule has 0 spiro atoms. The molecule has 0 bridgehead atoms. The number of amidine groups is 1. The summed E-state index contributed by atoms with van der Waals surface area (Å²) < 4.78 is 9.37. The smallest absolute Gasteiger partial charge is 0.143 e. The van der Waals surface area contributed by atoms with Gasteiger partial charge in [0, 0.05) is 63.8 Å². The number of nitrogens with zero attached hydrogens (tertiary/aromatic N) is 2. The fourth-order valence-electron chi connectivity index (χ4n) is 8.79. The molecule has 8 aromatic carbocycles. The molecule has 1 aliphatic rings. The molecule has 0 fully saturated rings. The van der Waals surface area contributed by atoms with E-state index in [9.17, 15) is 0 Å². The number of benzene rings is 8. The number of nitrogens with one attached hydrogen (secondary N) is 2. The minimum atomic E-state index is -0.233. The van der Waals surface area contributed by atoms with E-state index in [-0.39, 0.29) is 12.3 Å². The molecule has 2 N–H and O–H groups in total. The molecule has 0 aliphatic carbocycles. The van der Waals surface area contributed by atoms with E-state index in [0.717, 1.165) is 88.5 Å². The number of aromatic nitrogens is 1. The second-order valence-corrected chi connectivity index (χ2v) is 16.0. The highest BCUT2D eigenvalue weighted by Gasteiger charge is 2.26. The molecular formula is C52H34N4OS. The molecule has 6 heteroatoms. The zero-order valence-electron chi connectivity index (χ0n) is 31.2. The van der Waals surface area contributed by atoms with Crippen LogP contribution in [0.25, 0.3) is 86.2 Å². The van der Waals surface area contributed by atoms with Crippen LogP contribution >= 0.6 is 11.3 Å². The Morgan fingerprint density at radius 3 is 2.07 bits per heavy atom. The molecule has 1 aliphatic heterocycles. The van der Waals surface area contributed by atoms with E-state index in [4.69, 9.17) is 14.4 Å². The first-order valence-electron chi connectivity index (χ1n) is 19.6. The van der Waals surface area contributed by atoms with Crippen molar-refractivity contribution in [1.29, 1.82) is 0 Å². The average Bonchev–Trinajstić information content (AvgIpc) is 3.87. The number of hydrogen-bond acceptors (Lipinski definition) is 6. The van der Waals surface area contributed by atoms with Crippen LogP contribution < -0.4 is 10.6 Å². The van der Waals surface area contributed by atoms with Crippen LogP contribution in [0.5, 0.6) is 0 Å². The van der Waals surface area contributed by atoms with E-state index in [1.54, 1.807) is 0 Å². The highest BCUT2D eigenvalue weighted by molar-refractivity contribution is 7.25. The molecule has 4 heterocycles. The number of thiophene rings is 1. The molecule has 0 saturated heterocycles. The van der Waals surface area contributed by atoms with Crippen molar-refractivity contribution in [1.82, 2.24) is 15.6 Å². The number of aliphatic imine (C=N–C) groups is 1. The number of fused-ring (bicyclic) bond motifs is 10. The fraction of sp³-hybridized carbons (Fsp3) is 0.0385. The second-order valence-electron chi connectivity index (χ2n) is 15.0. The van der Waals surface area contributed by atoms with Gasteiger partial charge in [0.25, 0.3) is 0 Å². The number of rotatable bonds is 5. The Morgan fingerprint density at radius 1 is 0.500 bits per heavy atom. The van der Waals surface area contributed by atoms with Crippen LogP contribution in [0.1, 0.15) is 29.0 Å². The summed E-state index contributed by atoms with van der Waals surface area (Å²) in [6, 6.07) is 64.3. The number of furan rings is 1. The Labute approximate surface area is 337 Å². The van der Waals surface area contributed by atoms with Crippen LogP contribution in [0, 0.1) is 0 Å². The van der Waals surface area contributed by atoms with Crippen molar-refractivity contribution in [2.45, 2.75) is 12.3 Å². The minimum Gasteiger partial charge on any atom is -0.455 e. The lowest BCUT2D eigenvalue weighted by Crippen LogP contribution is -2.44. The average molecular weight is 763 g/mol. The standard InChI is InChI=1S/C52H34N4OS/c1-3-12-32(13-4-1)48-40-28-29-43-47(46(40)39-17-7-9-20-42(39)53-48)41-19-11-18-36(49(41)57-43)31-22-24-34(25-23-31)51-54-50(33-14-5-2-6-15-33)55-52(56-51)35-26-27-38-37-16-8-10-21-44(37)58-45(38)30-35/h1-30,50,52,55H,(H,54,56). The first kappa shape index (κ1) is 33.1. The Morgan fingerprint density at radius 2 is 1.21 bits per heavy atom. The topological polar surface area (TPSA) is 62.5 Å². The second kappa shape index (κ2) is 13.2. The van der Waals surface area contributed by atoms with E-state index in [0.29, 0.717) is 0 Å². The van der Waals surface area contributed by atoms with Crippen molar-refractivity contribution >= 4 is 81.0 Å². The maximum Gasteiger partial charge on any atom is 0.143 e. The Hall–Kier alpha value is -7.12. The van der Waals surface area contributed by atoms with Crippen LogP contribution in [-0.2, 0) is 0 Å². The molecule has 274 valence electrons. The molecule has 0 amide bonds. The van der Waals surface area contributed by atoms with Gasteiger partial charge < -0.3 is 9.73 Å². The SMILES string of the molecule is c1ccc(-c2nc3ccccc3c3c2ccc2oc4c(-c5ccc(C6=NC(c7ccc8c(c7)sc7ccccc78)NC(c7ccccc7)N6)cc5)cccc4c23)cc1. The lowest BCUT2D eigenvalue weighted by molar-refractivity contribution is 0.409. The van der Waals surface area contributed by atoms with Gasteiger partial charge in [-0.3, -0.25) is 5.32 Å². The highest BCUT2D eigenvalue weighted by Crippen LogP contribution is 2.43. The minimum absolute atomic E-state index is 0.121. The summed E-state index contributed by atoms with van der Waals surface area (Å²) in [5, 5.41) is 15.7. The van der Waals surface area contributed by atoms with Gasteiger partial charge in [0.05, 0.1) is 11.2 Å². The summed E-state index contributed by atoms with van der Waals surface area (Å²) in [5.74, 6) is 0.851. The summed E-state index contributed by atoms with van der Waals surface area (Å²) >= 11 is 1.83. The van der Waals surface area contributed by atoms with E-state index in [1.165, 1.54) is 20.2 Å². The normalized spacial score (nSPS) is 15.8. The molecule has 3 aromatic heterocycles. The predicted octanol–water partition coefficient (Wildman–Crippen LogP) is 13.3. The Balaban J connectivity index is 0.959. The molecule has 2 atom stereocenters.